The van der Waals surface area contributed by atoms with Crippen molar-refractivity contribution in [1.82, 2.24) is 4.57 Å². The SMILES string of the molecule is CCOC(=O)c1c(-c2ccc(OC)cc2)c2oc3ccc(-c4ccccc4)cc3c2n(Cc2cc(OC)ccc2OC)c1=O. The van der Waals surface area contributed by atoms with E-state index in [1.807, 2.05) is 54.6 Å². The Labute approximate surface area is 254 Å². The van der Waals surface area contributed by atoms with Crippen molar-refractivity contribution in [1.29, 1.82) is 0 Å². The zero-order valence-electron chi connectivity index (χ0n) is 24.9. The predicted molar refractivity (Wildman–Crippen MR) is 170 cm³/mol. The van der Waals surface area contributed by atoms with Gasteiger partial charge in [0.05, 0.1) is 40.0 Å². The van der Waals surface area contributed by atoms with Crippen molar-refractivity contribution in [2.24, 2.45) is 0 Å². The normalized spacial score (nSPS) is 11.1. The molecule has 222 valence electrons. The third-order valence-electron chi connectivity index (χ3n) is 7.65. The van der Waals surface area contributed by atoms with Gasteiger partial charge in [-0.1, -0.05) is 48.5 Å². The number of hydrogen-bond donors (Lipinski definition) is 0. The number of carbonyl (C=O) groups is 1. The van der Waals surface area contributed by atoms with Crippen LogP contribution in [0.2, 0.25) is 0 Å². The highest BCUT2D eigenvalue weighted by Gasteiger charge is 2.29. The fourth-order valence-electron chi connectivity index (χ4n) is 5.54. The molecule has 0 atom stereocenters. The van der Waals surface area contributed by atoms with Crippen LogP contribution < -0.4 is 19.8 Å². The lowest BCUT2D eigenvalue weighted by molar-refractivity contribution is 0.0524. The van der Waals surface area contributed by atoms with Crippen LogP contribution in [0.15, 0.2) is 100 Å². The Morgan fingerprint density at radius 2 is 1.48 bits per heavy atom. The van der Waals surface area contributed by atoms with Gasteiger partial charge in [0.25, 0.3) is 5.56 Å². The molecule has 8 heteroatoms. The molecule has 2 aromatic heterocycles. The van der Waals surface area contributed by atoms with E-state index in [9.17, 15) is 9.59 Å². The Bertz CT molecular complexity index is 2040. The molecule has 0 radical (unpaired) electrons. The lowest BCUT2D eigenvalue weighted by Gasteiger charge is -2.17. The summed E-state index contributed by atoms with van der Waals surface area (Å²) >= 11 is 0. The van der Waals surface area contributed by atoms with Crippen molar-refractivity contribution >= 4 is 28.0 Å². The van der Waals surface area contributed by atoms with Gasteiger partial charge in [-0.3, -0.25) is 9.36 Å². The van der Waals surface area contributed by atoms with Crippen LogP contribution in [0.4, 0.5) is 0 Å². The molecule has 0 aliphatic rings. The number of ether oxygens (including phenoxy) is 4. The molecule has 8 nitrogen and oxygen atoms in total. The number of benzene rings is 4. The van der Waals surface area contributed by atoms with Crippen LogP contribution in [-0.2, 0) is 11.3 Å². The zero-order chi connectivity index (χ0) is 30.8. The highest BCUT2D eigenvalue weighted by Crippen LogP contribution is 2.40. The van der Waals surface area contributed by atoms with E-state index in [0.29, 0.717) is 50.6 Å². The number of aromatic nitrogens is 1. The first-order valence-corrected chi connectivity index (χ1v) is 14.2. The fourth-order valence-corrected chi connectivity index (χ4v) is 5.54. The number of esters is 1. The Morgan fingerprint density at radius 3 is 2.16 bits per heavy atom. The van der Waals surface area contributed by atoms with Gasteiger partial charge in [0.15, 0.2) is 5.58 Å². The van der Waals surface area contributed by atoms with Gasteiger partial charge in [0, 0.05) is 16.5 Å². The van der Waals surface area contributed by atoms with Crippen LogP contribution in [0, 0.1) is 0 Å². The molecule has 0 N–H and O–H groups in total. The van der Waals surface area contributed by atoms with Gasteiger partial charge in [-0.25, -0.2) is 4.79 Å². The molecule has 0 saturated heterocycles. The van der Waals surface area contributed by atoms with Crippen molar-refractivity contribution < 1.29 is 28.2 Å². The topological polar surface area (TPSA) is 89.1 Å². The maximum atomic E-state index is 14.6. The summed E-state index contributed by atoms with van der Waals surface area (Å²) in [6.45, 7) is 1.88. The molecule has 0 bridgehead atoms. The minimum Gasteiger partial charge on any atom is -0.497 e. The van der Waals surface area contributed by atoms with Gasteiger partial charge in [-0.2, -0.15) is 0 Å². The summed E-state index contributed by atoms with van der Waals surface area (Å²) in [5.74, 6) is 1.08. The zero-order valence-corrected chi connectivity index (χ0v) is 24.9. The van der Waals surface area contributed by atoms with Crippen LogP contribution in [0.1, 0.15) is 22.8 Å². The molecule has 0 saturated carbocycles. The van der Waals surface area contributed by atoms with Gasteiger partial charge < -0.3 is 23.4 Å². The second kappa shape index (κ2) is 12.0. The first kappa shape index (κ1) is 28.6. The third-order valence-corrected chi connectivity index (χ3v) is 7.65. The van der Waals surface area contributed by atoms with Gasteiger partial charge in [0.2, 0.25) is 0 Å². The molecule has 0 amide bonds. The smallest absolute Gasteiger partial charge is 0.344 e. The molecule has 0 unspecified atom stereocenters. The van der Waals surface area contributed by atoms with Crippen molar-refractivity contribution in [3.63, 3.8) is 0 Å². The van der Waals surface area contributed by atoms with E-state index < -0.39 is 11.5 Å². The number of carbonyl (C=O) groups excluding carboxylic acids is 1. The van der Waals surface area contributed by atoms with Crippen molar-refractivity contribution in [3.05, 3.63) is 112 Å². The van der Waals surface area contributed by atoms with Gasteiger partial charge in [-0.15, -0.1) is 0 Å². The summed E-state index contributed by atoms with van der Waals surface area (Å²) in [4.78, 5) is 28.2. The van der Waals surface area contributed by atoms with E-state index >= 15 is 0 Å². The minimum absolute atomic E-state index is 0.0786. The maximum absolute atomic E-state index is 14.6. The highest BCUT2D eigenvalue weighted by atomic mass is 16.5. The number of rotatable bonds is 9. The molecule has 0 aliphatic heterocycles. The monoisotopic (exact) mass is 589 g/mol. The van der Waals surface area contributed by atoms with E-state index in [1.165, 1.54) is 0 Å². The fraction of sp³-hybridized carbons (Fsp3) is 0.167. The minimum atomic E-state index is -0.734. The molecule has 0 spiro atoms. The van der Waals surface area contributed by atoms with Crippen LogP contribution in [0.5, 0.6) is 17.2 Å². The summed E-state index contributed by atoms with van der Waals surface area (Å²) in [7, 11) is 4.72. The molecular weight excluding hydrogens is 558 g/mol. The standard InChI is InChI=1S/C36H31NO7/c1-5-43-36(39)32-31(23-11-14-26(40-2)15-12-23)34-33(28-20-24(13-17-30(28)44-34)22-9-7-6-8-10-22)37(35(32)38)21-25-19-27(41-3)16-18-29(25)42-4/h6-20H,5,21H2,1-4H3. The van der Waals surface area contributed by atoms with Crippen molar-refractivity contribution in [2.45, 2.75) is 13.5 Å². The molecule has 6 rings (SSSR count). The molecule has 4 aromatic carbocycles. The number of pyridine rings is 1. The van der Waals surface area contributed by atoms with E-state index in [2.05, 4.69) is 0 Å². The Morgan fingerprint density at radius 1 is 0.773 bits per heavy atom. The van der Waals surface area contributed by atoms with Gasteiger partial charge in [-0.05, 0) is 66.1 Å². The van der Waals surface area contributed by atoms with E-state index in [0.717, 1.165) is 16.5 Å². The Balaban J connectivity index is 1.73. The lowest BCUT2D eigenvalue weighted by Crippen LogP contribution is -2.29. The first-order valence-electron chi connectivity index (χ1n) is 14.2. The second-order valence-electron chi connectivity index (χ2n) is 10.1. The third kappa shape index (κ3) is 5.04. The van der Waals surface area contributed by atoms with Gasteiger partial charge >= 0.3 is 5.97 Å². The maximum Gasteiger partial charge on any atom is 0.344 e. The van der Waals surface area contributed by atoms with E-state index in [1.54, 1.807) is 69.2 Å². The number of methoxy groups -OCH3 is 3. The first-order chi connectivity index (χ1) is 21.5. The Kier molecular flexibility index (Phi) is 7.81. The molecule has 0 fully saturated rings. The Hall–Kier alpha value is -5.50. The predicted octanol–water partition coefficient (Wildman–Crippen LogP) is 7.33. The number of hydrogen-bond acceptors (Lipinski definition) is 7. The summed E-state index contributed by atoms with van der Waals surface area (Å²) in [6, 6.07) is 28.4. The van der Waals surface area contributed by atoms with Crippen LogP contribution >= 0.6 is 0 Å². The summed E-state index contributed by atoms with van der Waals surface area (Å²) in [6.07, 6.45) is 0. The van der Waals surface area contributed by atoms with Crippen LogP contribution in [0.25, 0.3) is 44.3 Å². The quantitative estimate of drug-likeness (QED) is 0.163. The largest absolute Gasteiger partial charge is 0.497 e. The highest BCUT2D eigenvalue weighted by molar-refractivity contribution is 6.13. The lowest BCUT2D eigenvalue weighted by atomic mass is 9.98. The summed E-state index contributed by atoms with van der Waals surface area (Å²) in [5.41, 5.74) is 4.52. The number of fused-ring (bicyclic) bond motifs is 3. The van der Waals surface area contributed by atoms with E-state index in [-0.39, 0.29) is 18.7 Å². The number of nitrogens with zero attached hydrogens (tertiary/aromatic N) is 1. The summed E-state index contributed by atoms with van der Waals surface area (Å²) in [5, 5.41) is 0.727. The molecule has 6 aromatic rings. The molecule has 2 heterocycles. The van der Waals surface area contributed by atoms with Crippen LogP contribution in [-0.4, -0.2) is 38.5 Å². The van der Waals surface area contributed by atoms with Crippen molar-refractivity contribution in [2.75, 3.05) is 27.9 Å². The molecule has 44 heavy (non-hydrogen) atoms. The second-order valence-corrected chi connectivity index (χ2v) is 10.1. The van der Waals surface area contributed by atoms with Crippen molar-refractivity contribution in [3.8, 4) is 39.5 Å². The average Bonchev–Trinajstić information content (AvgIpc) is 3.44. The average molecular weight is 590 g/mol. The van der Waals surface area contributed by atoms with Gasteiger partial charge in [0.1, 0.15) is 28.4 Å². The number of furan rings is 1. The summed E-state index contributed by atoms with van der Waals surface area (Å²) < 4.78 is 30.0. The van der Waals surface area contributed by atoms with E-state index in [4.69, 9.17) is 23.4 Å². The molecular formula is C36H31NO7. The van der Waals surface area contributed by atoms with Crippen LogP contribution in [0.3, 0.4) is 0 Å². The molecule has 0 aliphatic carbocycles.